The van der Waals surface area contributed by atoms with Gasteiger partial charge in [-0.05, 0) is 31.9 Å². The fourth-order valence-corrected chi connectivity index (χ4v) is 5.91. The van der Waals surface area contributed by atoms with Gasteiger partial charge in [0.05, 0.1) is 48.7 Å². The second-order valence-electron chi connectivity index (χ2n) is 8.20. The second kappa shape index (κ2) is 4.80. The molecule has 5 rings (SSSR count). The molecule has 0 radical (unpaired) electrons. The van der Waals surface area contributed by atoms with E-state index < -0.39 is 0 Å². The van der Waals surface area contributed by atoms with E-state index in [1.54, 1.807) is 9.80 Å². The number of hydrogen-bond donors (Lipinski definition) is 3. The number of benzene rings is 1. The molecule has 0 aromatic heterocycles. The largest absolute Gasteiger partial charge is 0.391 e. The standard InChI is InChI=1S/C19H28N2O/c1-4-18-10-20-12-19(5-2,17(18)22)13-21(11-18)16(20)15-8-6-14(3)7-9-15/h6-9,16-17,22H,4-5,10-13H2,1-3H3/p+2. The Morgan fingerprint density at radius 2 is 1.41 bits per heavy atom. The summed E-state index contributed by atoms with van der Waals surface area (Å²) in [6, 6.07) is 9.16. The SMILES string of the molecule is CCC12C[NH+]3CC(CC)(C[NH+](C1)C3c1ccc(C)cc1)C2O. The van der Waals surface area contributed by atoms with E-state index in [1.165, 1.54) is 11.1 Å². The minimum Gasteiger partial charge on any atom is -0.391 e. The fourth-order valence-electron chi connectivity index (χ4n) is 5.91. The van der Waals surface area contributed by atoms with Crippen LogP contribution in [-0.2, 0) is 0 Å². The molecule has 0 amide bonds. The van der Waals surface area contributed by atoms with Gasteiger partial charge in [-0.1, -0.05) is 31.5 Å². The highest BCUT2D eigenvalue weighted by Crippen LogP contribution is 2.44. The molecule has 4 bridgehead atoms. The summed E-state index contributed by atoms with van der Waals surface area (Å²) in [5, 5.41) is 11.1. The Bertz CT molecular complexity index is 527. The molecule has 4 aliphatic heterocycles. The first kappa shape index (κ1) is 14.7. The normalized spacial score (nSPS) is 46.2. The van der Waals surface area contributed by atoms with E-state index in [4.69, 9.17) is 0 Å². The maximum atomic E-state index is 11.1. The van der Waals surface area contributed by atoms with Gasteiger partial charge in [0.15, 0.2) is 0 Å². The van der Waals surface area contributed by atoms with Crippen LogP contribution >= 0.6 is 0 Å². The highest BCUT2D eigenvalue weighted by molar-refractivity contribution is 5.22. The molecule has 0 aliphatic carbocycles. The third-order valence-electron chi connectivity index (χ3n) is 7.11. The first-order valence-corrected chi connectivity index (χ1v) is 8.97. The summed E-state index contributed by atoms with van der Waals surface area (Å²) in [7, 11) is 0. The molecule has 4 saturated heterocycles. The molecule has 3 heteroatoms. The van der Waals surface area contributed by atoms with Crippen LogP contribution in [0, 0.1) is 17.8 Å². The Morgan fingerprint density at radius 3 is 1.82 bits per heavy atom. The first-order chi connectivity index (χ1) is 10.5. The Labute approximate surface area is 133 Å². The third-order valence-corrected chi connectivity index (χ3v) is 7.11. The second-order valence-corrected chi connectivity index (χ2v) is 8.20. The number of aryl methyl sites for hydroxylation is 1. The van der Waals surface area contributed by atoms with E-state index in [-0.39, 0.29) is 16.9 Å². The van der Waals surface area contributed by atoms with Gasteiger partial charge in [-0.15, -0.1) is 0 Å². The number of aliphatic hydroxyl groups is 1. The zero-order valence-corrected chi connectivity index (χ0v) is 14.2. The highest BCUT2D eigenvalue weighted by atomic mass is 16.3. The summed E-state index contributed by atoms with van der Waals surface area (Å²) in [5.74, 6) is 0. The molecule has 1 aromatic rings. The monoisotopic (exact) mass is 302 g/mol. The lowest BCUT2D eigenvalue weighted by molar-refractivity contribution is -1.19. The average Bonchev–Trinajstić information content (AvgIpc) is 2.52. The highest BCUT2D eigenvalue weighted by Gasteiger charge is 2.69. The molecule has 1 aromatic carbocycles. The lowest BCUT2D eigenvalue weighted by atomic mass is 9.57. The van der Waals surface area contributed by atoms with Crippen molar-refractivity contribution < 1.29 is 14.9 Å². The van der Waals surface area contributed by atoms with E-state index in [1.807, 2.05) is 0 Å². The molecule has 0 atom stereocenters. The smallest absolute Gasteiger partial charge is 0.240 e. The predicted molar refractivity (Wildman–Crippen MR) is 86.8 cm³/mol. The first-order valence-electron chi connectivity index (χ1n) is 8.97. The molecular weight excluding hydrogens is 272 g/mol. The van der Waals surface area contributed by atoms with Gasteiger partial charge < -0.3 is 5.11 Å². The van der Waals surface area contributed by atoms with Crippen LogP contribution < -0.4 is 9.80 Å². The Balaban J connectivity index is 1.73. The molecule has 4 fully saturated rings. The molecule has 0 spiro atoms. The van der Waals surface area contributed by atoms with Crippen LogP contribution in [0.4, 0.5) is 0 Å². The maximum Gasteiger partial charge on any atom is 0.240 e. The van der Waals surface area contributed by atoms with Crippen LogP contribution in [0.25, 0.3) is 0 Å². The van der Waals surface area contributed by atoms with E-state index >= 15 is 0 Å². The van der Waals surface area contributed by atoms with Crippen LogP contribution in [0.5, 0.6) is 0 Å². The van der Waals surface area contributed by atoms with Gasteiger partial charge >= 0.3 is 0 Å². The molecule has 4 heterocycles. The average molecular weight is 302 g/mol. The van der Waals surface area contributed by atoms with Gasteiger partial charge in [-0.2, -0.15) is 0 Å². The van der Waals surface area contributed by atoms with Crippen molar-refractivity contribution in [3.63, 3.8) is 0 Å². The topological polar surface area (TPSA) is 29.1 Å². The minimum absolute atomic E-state index is 0.0959. The quantitative estimate of drug-likeness (QED) is 0.718. The van der Waals surface area contributed by atoms with Crippen LogP contribution in [0.3, 0.4) is 0 Å². The van der Waals surface area contributed by atoms with Gasteiger partial charge in [0.25, 0.3) is 0 Å². The number of hydrogen-bond acceptors (Lipinski definition) is 1. The molecule has 4 aliphatic rings. The molecule has 0 saturated carbocycles. The summed E-state index contributed by atoms with van der Waals surface area (Å²) in [6.07, 6.45) is 2.71. The summed E-state index contributed by atoms with van der Waals surface area (Å²) in [5.41, 5.74) is 3.13. The number of rotatable bonds is 3. The van der Waals surface area contributed by atoms with Gasteiger partial charge in [-0.3, -0.25) is 9.80 Å². The van der Waals surface area contributed by atoms with Crippen LogP contribution in [0.1, 0.15) is 44.0 Å². The molecular formula is C19H30N2O+2. The lowest BCUT2D eigenvalue weighted by Crippen LogP contribution is -3.41. The Morgan fingerprint density at radius 1 is 0.955 bits per heavy atom. The van der Waals surface area contributed by atoms with Gasteiger partial charge in [0, 0.05) is 0 Å². The molecule has 3 nitrogen and oxygen atoms in total. The van der Waals surface area contributed by atoms with E-state index in [2.05, 4.69) is 45.0 Å². The van der Waals surface area contributed by atoms with E-state index in [0.29, 0.717) is 6.17 Å². The Hall–Kier alpha value is -0.900. The van der Waals surface area contributed by atoms with Crippen molar-refractivity contribution in [2.24, 2.45) is 10.8 Å². The lowest BCUT2D eigenvalue weighted by Gasteiger charge is -2.64. The van der Waals surface area contributed by atoms with Crippen molar-refractivity contribution in [3.05, 3.63) is 35.4 Å². The van der Waals surface area contributed by atoms with E-state index in [0.717, 1.165) is 39.0 Å². The van der Waals surface area contributed by atoms with Crippen molar-refractivity contribution in [1.82, 2.24) is 0 Å². The maximum absolute atomic E-state index is 11.1. The number of aliphatic hydroxyl groups excluding tert-OH is 1. The number of quaternary nitrogens is 2. The summed E-state index contributed by atoms with van der Waals surface area (Å²) in [6.45, 7) is 11.3. The third kappa shape index (κ3) is 1.79. The molecule has 22 heavy (non-hydrogen) atoms. The summed E-state index contributed by atoms with van der Waals surface area (Å²) < 4.78 is 0. The van der Waals surface area contributed by atoms with Crippen LogP contribution in [-0.4, -0.2) is 37.4 Å². The van der Waals surface area contributed by atoms with Crippen LogP contribution in [0.15, 0.2) is 24.3 Å². The van der Waals surface area contributed by atoms with Gasteiger partial charge in [-0.25, -0.2) is 0 Å². The van der Waals surface area contributed by atoms with Crippen molar-refractivity contribution in [2.45, 2.75) is 45.9 Å². The number of nitrogens with one attached hydrogen (secondary N) is 2. The summed E-state index contributed by atoms with van der Waals surface area (Å²) in [4.78, 5) is 3.43. The molecule has 120 valence electrons. The fraction of sp³-hybridized carbons (Fsp3) is 0.684. The number of piperidine rings is 2. The van der Waals surface area contributed by atoms with Crippen molar-refractivity contribution in [2.75, 3.05) is 26.2 Å². The Kier molecular flexibility index (Phi) is 3.20. The van der Waals surface area contributed by atoms with Crippen molar-refractivity contribution >= 4 is 0 Å². The van der Waals surface area contributed by atoms with Crippen molar-refractivity contribution in [3.8, 4) is 0 Å². The zero-order valence-electron chi connectivity index (χ0n) is 14.2. The van der Waals surface area contributed by atoms with Crippen molar-refractivity contribution in [1.29, 1.82) is 0 Å². The minimum atomic E-state index is -0.0959. The predicted octanol–water partition coefficient (Wildman–Crippen LogP) is -0.0421. The molecule has 3 N–H and O–H groups in total. The van der Waals surface area contributed by atoms with Crippen LogP contribution in [0.2, 0.25) is 0 Å². The zero-order chi connectivity index (χ0) is 15.5. The molecule has 0 unspecified atom stereocenters. The van der Waals surface area contributed by atoms with Gasteiger partial charge in [0.2, 0.25) is 6.17 Å². The summed E-state index contributed by atoms with van der Waals surface area (Å²) >= 11 is 0. The van der Waals surface area contributed by atoms with Gasteiger partial charge in [0.1, 0.15) is 0 Å². The van der Waals surface area contributed by atoms with E-state index in [9.17, 15) is 5.11 Å².